The zero-order valence-electron chi connectivity index (χ0n) is 10.5. The number of anilines is 1. The molecule has 1 aromatic heterocycles. The Bertz CT molecular complexity index is 652. The van der Waals surface area contributed by atoms with Gasteiger partial charge in [-0.3, -0.25) is 14.9 Å². The normalized spacial score (nSPS) is 10.3. The predicted octanol–water partition coefficient (Wildman–Crippen LogP) is 3.09. The van der Waals surface area contributed by atoms with Crippen LogP contribution in [0.1, 0.15) is 20.9 Å². The summed E-state index contributed by atoms with van der Waals surface area (Å²) < 4.78 is 0.892. The highest BCUT2D eigenvalue weighted by Crippen LogP contribution is 2.23. The van der Waals surface area contributed by atoms with E-state index in [2.05, 4.69) is 26.2 Å². The average molecular weight is 355 g/mol. The van der Waals surface area contributed by atoms with Gasteiger partial charge in [0.2, 0.25) is 0 Å². The minimum atomic E-state index is -0.914. The van der Waals surface area contributed by atoms with Gasteiger partial charge in [0.05, 0.1) is 12.1 Å². The van der Waals surface area contributed by atoms with Crippen molar-refractivity contribution in [2.24, 2.45) is 0 Å². The molecule has 0 aliphatic rings. The van der Waals surface area contributed by atoms with Crippen molar-refractivity contribution in [2.75, 3.05) is 5.32 Å². The Hall–Kier alpha value is -1.73. The van der Waals surface area contributed by atoms with Crippen LogP contribution in [-0.2, 0) is 11.2 Å². The lowest BCUT2D eigenvalue weighted by Crippen LogP contribution is -2.11. The van der Waals surface area contributed by atoms with E-state index in [1.807, 2.05) is 0 Å². The lowest BCUT2D eigenvalue weighted by Gasteiger charge is -2.01. The van der Waals surface area contributed by atoms with E-state index in [9.17, 15) is 9.59 Å². The molecular formula is C13H11BrN2O3S. The Morgan fingerprint density at radius 1 is 1.35 bits per heavy atom. The molecule has 0 saturated carbocycles. The Balaban J connectivity index is 2.12. The number of carbonyl (C=O) groups excluding carboxylic acids is 1. The van der Waals surface area contributed by atoms with Gasteiger partial charge in [0.1, 0.15) is 0 Å². The SMILES string of the molecule is Cc1nc(NC(=O)c2ccc(Br)cc2)sc1CC(=O)O. The van der Waals surface area contributed by atoms with Crippen LogP contribution in [0.3, 0.4) is 0 Å². The highest BCUT2D eigenvalue weighted by atomic mass is 79.9. The molecular weight excluding hydrogens is 344 g/mol. The summed E-state index contributed by atoms with van der Waals surface area (Å²) in [6.07, 6.45) is -0.0857. The van der Waals surface area contributed by atoms with Crippen LogP contribution in [0.2, 0.25) is 0 Å². The molecule has 20 heavy (non-hydrogen) atoms. The van der Waals surface area contributed by atoms with E-state index in [0.717, 1.165) is 4.47 Å². The van der Waals surface area contributed by atoms with E-state index in [0.29, 0.717) is 21.3 Å². The second kappa shape index (κ2) is 6.15. The monoisotopic (exact) mass is 354 g/mol. The molecule has 2 aromatic rings. The number of rotatable bonds is 4. The van der Waals surface area contributed by atoms with Gasteiger partial charge in [-0.25, -0.2) is 4.98 Å². The first kappa shape index (κ1) is 14.7. The maximum Gasteiger partial charge on any atom is 0.308 e. The highest BCUT2D eigenvalue weighted by Gasteiger charge is 2.13. The predicted molar refractivity (Wildman–Crippen MR) is 80.3 cm³/mol. The van der Waals surface area contributed by atoms with Crippen LogP contribution in [-0.4, -0.2) is 22.0 Å². The number of nitrogens with one attached hydrogen (secondary N) is 1. The van der Waals surface area contributed by atoms with Crippen LogP contribution in [0.25, 0.3) is 0 Å². The molecule has 0 unspecified atom stereocenters. The number of carboxylic acids is 1. The summed E-state index contributed by atoms with van der Waals surface area (Å²) in [5.74, 6) is -1.18. The summed E-state index contributed by atoms with van der Waals surface area (Å²) in [5.41, 5.74) is 1.14. The van der Waals surface area contributed by atoms with Gasteiger partial charge in [0, 0.05) is 14.9 Å². The molecule has 0 aliphatic heterocycles. The van der Waals surface area contributed by atoms with Crippen LogP contribution in [0.4, 0.5) is 5.13 Å². The topological polar surface area (TPSA) is 79.3 Å². The fourth-order valence-corrected chi connectivity index (χ4v) is 2.77. The third-order valence-electron chi connectivity index (χ3n) is 2.53. The Morgan fingerprint density at radius 3 is 2.60 bits per heavy atom. The van der Waals surface area contributed by atoms with Crippen molar-refractivity contribution in [3.63, 3.8) is 0 Å². The van der Waals surface area contributed by atoms with Crippen LogP contribution in [0.15, 0.2) is 28.7 Å². The maximum absolute atomic E-state index is 12.0. The number of nitrogens with zero attached hydrogens (tertiary/aromatic N) is 1. The zero-order valence-corrected chi connectivity index (χ0v) is 12.9. The second-order valence-electron chi connectivity index (χ2n) is 4.06. The van der Waals surface area contributed by atoms with Crippen molar-refractivity contribution in [1.82, 2.24) is 4.98 Å². The minimum absolute atomic E-state index is 0.0857. The first-order chi connectivity index (χ1) is 9.45. The molecule has 104 valence electrons. The third kappa shape index (κ3) is 3.64. The summed E-state index contributed by atoms with van der Waals surface area (Å²) in [6.45, 7) is 1.73. The first-order valence-corrected chi connectivity index (χ1v) is 7.31. The molecule has 0 atom stereocenters. The third-order valence-corrected chi connectivity index (χ3v) is 4.13. The highest BCUT2D eigenvalue weighted by molar-refractivity contribution is 9.10. The van der Waals surface area contributed by atoms with Gasteiger partial charge in [-0.05, 0) is 31.2 Å². The molecule has 1 amide bonds. The quantitative estimate of drug-likeness (QED) is 0.883. The molecule has 2 N–H and O–H groups in total. The fourth-order valence-electron chi connectivity index (χ4n) is 1.55. The average Bonchev–Trinajstić information content (AvgIpc) is 2.69. The lowest BCUT2D eigenvalue weighted by atomic mass is 10.2. The van der Waals surface area contributed by atoms with Gasteiger partial charge in [-0.1, -0.05) is 15.9 Å². The number of halogens is 1. The van der Waals surface area contributed by atoms with E-state index >= 15 is 0 Å². The molecule has 7 heteroatoms. The molecule has 0 fully saturated rings. The molecule has 0 radical (unpaired) electrons. The van der Waals surface area contributed by atoms with Crippen molar-refractivity contribution >= 4 is 44.3 Å². The number of carboxylic acid groups (broad SMARTS) is 1. The van der Waals surface area contributed by atoms with Crippen molar-refractivity contribution in [3.05, 3.63) is 44.9 Å². The molecule has 1 heterocycles. The van der Waals surface area contributed by atoms with Gasteiger partial charge in [0.25, 0.3) is 5.91 Å². The van der Waals surface area contributed by atoms with E-state index in [1.54, 1.807) is 31.2 Å². The van der Waals surface area contributed by atoms with Crippen LogP contribution in [0, 0.1) is 6.92 Å². The van der Waals surface area contributed by atoms with E-state index < -0.39 is 5.97 Å². The first-order valence-electron chi connectivity index (χ1n) is 5.70. The Morgan fingerprint density at radius 2 is 2.00 bits per heavy atom. The second-order valence-corrected chi connectivity index (χ2v) is 6.06. The van der Waals surface area contributed by atoms with E-state index in [-0.39, 0.29) is 12.3 Å². The number of carbonyl (C=O) groups is 2. The standard InChI is InChI=1S/C13H11BrN2O3S/c1-7-10(6-11(17)18)20-13(15-7)16-12(19)8-2-4-9(14)5-3-8/h2-5H,6H2,1H3,(H,17,18)(H,15,16,19). The Kier molecular flexibility index (Phi) is 4.51. The Labute approximate surface area is 127 Å². The van der Waals surface area contributed by atoms with E-state index in [1.165, 1.54) is 11.3 Å². The van der Waals surface area contributed by atoms with Gasteiger partial charge < -0.3 is 5.11 Å². The lowest BCUT2D eigenvalue weighted by molar-refractivity contribution is -0.136. The van der Waals surface area contributed by atoms with Crippen molar-refractivity contribution in [2.45, 2.75) is 13.3 Å². The molecule has 0 saturated heterocycles. The van der Waals surface area contributed by atoms with Gasteiger partial charge >= 0.3 is 5.97 Å². The number of aromatic nitrogens is 1. The molecule has 0 spiro atoms. The molecule has 5 nitrogen and oxygen atoms in total. The molecule has 2 rings (SSSR count). The summed E-state index contributed by atoms with van der Waals surface area (Å²) in [7, 11) is 0. The maximum atomic E-state index is 12.0. The van der Waals surface area contributed by atoms with Gasteiger partial charge in [-0.15, -0.1) is 11.3 Å². The molecule has 0 aliphatic carbocycles. The van der Waals surface area contributed by atoms with Gasteiger partial charge in [0.15, 0.2) is 5.13 Å². The molecule has 1 aromatic carbocycles. The van der Waals surface area contributed by atoms with Crippen LogP contribution in [0.5, 0.6) is 0 Å². The van der Waals surface area contributed by atoms with Crippen molar-refractivity contribution in [1.29, 1.82) is 0 Å². The number of hydrogen-bond donors (Lipinski definition) is 2. The zero-order chi connectivity index (χ0) is 14.7. The van der Waals surface area contributed by atoms with Crippen molar-refractivity contribution in [3.8, 4) is 0 Å². The summed E-state index contributed by atoms with van der Waals surface area (Å²) in [4.78, 5) is 27.5. The van der Waals surface area contributed by atoms with Crippen LogP contribution < -0.4 is 5.32 Å². The summed E-state index contributed by atoms with van der Waals surface area (Å²) >= 11 is 4.48. The largest absolute Gasteiger partial charge is 0.481 e. The number of thiazole rings is 1. The number of aliphatic carboxylic acids is 1. The number of amides is 1. The molecule has 0 bridgehead atoms. The smallest absolute Gasteiger partial charge is 0.308 e. The fraction of sp³-hybridized carbons (Fsp3) is 0.154. The van der Waals surface area contributed by atoms with E-state index in [4.69, 9.17) is 5.11 Å². The number of aryl methyl sites for hydroxylation is 1. The number of benzene rings is 1. The number of hydrogen-bond acceptors (Lipinski definition) is 4. The van der Waals surface area contributed by atoms with Crippen LogP contribution >= 0.6 is 27.3 Å². The summed E-state index contributed by atoms with van der Waals surface area (Å²) in [5, 5.41) is 11.9. The van der Waals surface area contributed by atoms with Gasteiger partial charge in [-0.2, -0.15) is 0 Å². The summed E-state index contributed by atoms with van der Waals surface area (Å²) in [6, 6.07) is 6.94. The minimum Gasteiger partial charge on any atom is -0.481 e. The van der Waals surface area contributed by atoms with Crippen molar-refractivity contribution < 1.29 is 14.7 Å².